The Morgan fingerprint density at radius 2 is 1.56 bits per heavy atom. The van der Waals surface area contributed by atoms with Gasteiger partial charge in [0.15, 0.2) is 5.78 Å². The standard InChI is InChI=1S/C46H74N2O7/c1-28(2)38-31(49)23-46(34(50)26-48(25-29-13-12-14-29)27-36(51)47(10)11)22-21-44(8)30(39(38)46)15-16-33-43(7)19-18-35(55-37(52)24-41(3,4)40(53)54)42(5,6)32(43)17-20-45(33,44)9/h28-30,32-35,50H,12-27H2,1-11H3,(H,53,54)/t30-,32-,33-,34+,35+,43+,44-,45-,46+/m1/s1. The van der Waals surface area contributed by atoms with Crippen molar-refractivity contribution in [2.45, 2.75) is 158 Å². The maximum atomic E-state index is 14.2. The van der Waals surface area contributed by atoms with E-state index in [4.69, 9.17) is 4.74 Å². The number of aliphatic hydroxyl groups excluding tert-OH is 1. The second-order valence-electron chi connectivity index (χ2n) is 21.9. The second kappa shape index (κ2) is 14.5. The Morgan fingerprint density at radius 3 is 2.15 bits per heavy atom. The predicted molar refractivity (Wildman–Crippen MR) is 214 cm³/mol. The van der Waals surface area contributed by atoms with E-state index >= 15 is 0 Å². The molecule has 0 heterocycles. The number of nitrogens with zero attached hydrogens (tertiary/aromatic N) is 2. The molecule has 9 nitrogen and oxygen atoms in total. The van der Waals surface area contributed by atoms with Gasteiger partial charge in [-0.05, 0) is 129 Å². The highest BCUT2D eigenvalue weighted by Gasteiger charge is 2.71. The van der Waals surface area contributed by atoms with E-state index in [0.29, 0.717) is 30.7 Å². The van der Waals surface area contributed by atoms with Crippen molar-refractivity contribution in [3.63, 3.8) is 0 Å². The summed E-state index contributed by atoms with van der Waals surface area (Å²) in [6.07, 6.45) is 10.5. The third-order valence-corrected chi connectivity index (χ3v) is 17.5. The summed E-state index contributed by atoms with van der Waals surface area (Å²) in [5, 5.41) is 22.2. The van der Waals surface area contributed by atoms with Gasteiger partial charge in [0.1, 0.15) is 6.10 Å². The summed E-state index contributed by atoms with van der Waals surface area (Å²) in [5.41, 5.74) is 0.241. The third-order valence-electron chi connectivity index (χ3n) is 17.5. The molecule has 0 aromatic heterocycles. The summed E-state index contributed by atoms with van der Waals surface area (Å²) >= 11 is 0. The minimum Gasteiger partial charge on any atom is -0.481 e. The molecule has 6 aliphatic rings. The molecule has 0 spiro atoms. The van der Waals surface area contributed by atoms with Gasteiger partial charge >= 0.3 is 11.9 Å². The monoisotopic (exact) mass is 767 g/mol. The molecule has 9 atom stereocenters. The highest BCUT2D eigenvalue weighted by atomic mass is 16.5. The van der Waals surface area contributed by atoms with Crippen molar-refractivity contribution in [2.24, 2.45) is 62.1 Å². The van der Waals surface area contributed by atoms with Gasteiger partial charge in [0.2, 0.25) is 5.91 Å². The van der Waals surface area contributed by atoms with Crippen LogP contribution in [0, 0.1) is 62.1 Å². The van der Waals surface area contributed by atoms with Gasteiger partial charge in [0.05, 0.1) is 24.5 Å². The molecule has 2 N–H and O–H groups in total. The SMILES string of the molecule is CC(C)C1=C2[C@H]3CC[C@@H]4[C@@]5(C)CC[C@H](OC(=O)CC(C)(C)C(=O)O)C(C)(C)[C@H]5CC[C@@]4(C)[C@]3(C)CC[C@@]2([C@@H](O)CN(CC(=O)N(C)C)CC2CCC2)CC1=O. The lowest BCUT2D eigenvalue weighted by molar-refractivity contribution is -0.235. The largest absolute Gasteiger partial charge is 0.481 e. The van der Waals surface area contributed by atoms with Crippen molar-refractivity contribution in [3.8, 4) is 0 Å². The van der Waals surface area contributed by atoms with Crippen LogP contribution in [0.3, 0.4) is 0 Å². The van der Waals surface area contributed by atoms with E-state index in [1.54, 1.807) is 32.8 Å². The zero-order valence-corrected chi connectivity index (χ0v) is 36.2. The summed E-state index contributed by atoms with van der Waals surface area (Å²) in [4.78, 5) is 56.0. The maximum absolute atomic E-state index is 14.2. The zero-order valence-electron chi connectivity index (χ0n) is 36.2. The van der Waals surface area contributed by atoms with Crippen LogP contribution in [-0.4, -0.2) is 89.6 Å². The fourth-order valence-corrected chi connectivity index (χ4v) is 13.9. The highest BCUT2D eigenvalue weighted by Crippen LogP contribution is 2.77. The molecule has 0 unspecified atom stereocenters. The first kappa shape index (κ1) is 42.3. The molecule has 0 aliphatic heterocycles. The van der Waals surface area contributed by atoms with Crippen LogP contribution in [0.15, 0.2) is 11.1 Å². The average molecular weight is 767 g/mol. The van der Waals surface area contributed by atoms with Crippen molar-refractivity contribution < 1.29 is 34.1 Å². The molecular formula is C46H74N2O7. The lowest BCUT2D eigenvalue weighted by Crippen LogP contribution is -2.66. The Bertz CT molecular complexity index is 1580. The van der Waals surface area contributed by atoms with Gasteiger partial charge in [-0.3, -0.25) is 24.1 Å². The van der Waals surface area contributed by atoms with E-state index < -0.39 is 28.9 Å². The Hall–Kier alpha value is -2.26. The molecule has 5 saturated carbocycles. The maximum Gasteiger partial charge on any atom is 0.309 e. The number of amides is 1. The zero-order chi connectivity index (χ0) is 40.7. The number of Topliss-reactive ketones (excluding diaryl/α,β-unsaturated/α-hetero) is 1. The van der Waals surface area contributed by atoms with Crippen LogP contribution in [-0.2, 0) is 23.9 Å². The summed E-state index contributed by atoms with van der Waals surface area (Å²) < 4.78 is 6.18. The van der Waals surface area contributed by atoms with E-state index in [1.807, 2.05) is 0 Å². The van der Waals surface area contributed by atoms with E-state index in [2.05, 4.69) is 53.4 Å². The number of hydrogen-bond acceptors (Lipinski definition) is 7. The van der Waals surface area contributed by atoms with Gasteiger partial charge in [0.25, 0.3) is 0 Å². The molecule has 6 aliphatic carbocycles. The quantitative estimate of drug-likeness (QED) is 0.192. The van der Waals surface area contributed by atoms with Crippen molar-refractivity contribution in [1.29, 1.82) is 0 Å². The first-order valence-electron chi connectivity index (χ1n) is 21.8. The summed E-state index contributed by atoms with van der Waals surface area (Å²) in [7, 11) is 3.59. The van der Waals surface area contributed by atoms with Crippen molar-refractivity contribution in [3.05, 3.63) is 11.1 Å². The van der Waals surface area contributed by atoms with E-state index in [-0.39, 0.29) is 64.3 Å². The fourth-order valence-electron chi connectivity index (χ4n) is 13.9. The van der Waals surface area contributed by atoms with Gasteiger partial charge in [-0.25, -0.2) is 0 Å². The van der Waals surface area contributed by atoms with Crippen LogP contribution < -0.4 is 0 Å². The number of likely N-dealkylation sites (N-methyl/N-ethyl adjacent to an activating group) is 1. The number of esters is 1. The van der Waals surface area contributed by atoms with Crippen LogP contribution >= 0.6 is 0 Å². The number of aliphatic hydroxyl groups is 1. The Labute approximate surface area is 331 Å². The normalized spacial score (nSPS) is 37.7. The number of fused-ring (bicyclic) bond motifs is 7. The Balaban J connectivity index is 1.28. The predicted octanol–water partition coefficient (Wildman–Crippen LogP) is 7.93. The topological polar surface area (TPSA) is 124 Å². The third kappa shape index (κ3) is 6.85. The van der Waals surface area contributed by atoms with Crippen LogP contribution in [0.5, 0.6) is 0 Å². The molecule has 0 radical (unpaired) electrons. The number of allylic oxidation sites excluding steroid dienone is 1. The summed E-state index contributed by atoms with van der Waals surface area (Å²) in [5.74, 6) is 0.523. The van der Waals surface area contributed by atoms with Crippen LogP contribution in [0.2, 0.25) is 0 Å². The minimum absolute atomic E-state index is 0.0263. The second-order valence-corrected chi connectivity index (χ2v) is 21.9. The molecule has 1 amide bonds. The number of hydrogen-bond donors (Lipinski definition) is 2. The summed E-state index contributed by atoms with van der Waals surface area (Å²) in [6.45, 7) is 21.1. The number of carboxylic acids is 1. The van der Waals surface area contributed by atoms with Gasteiger partial charge in [-0.15, -0.1) is 0 Å². The molecule has 0 saturated heterocycles. The Morgan fingerprint density at radius 1 is 0.891 bits per heavy atom. The smallest absolute Gasteiger partial charge is 0.309 e. The van der Waals surface area contributed by atoms with Gasteiger partial charge in [0, 0.05) is 44.4 Å². The van der Waals surface area contributed by atoms with E-state index in [1.165, 1.54) is 24.8 Å². The number of carbonyl (C=O) groups is 4. The molecule has 0 aromatic rings. The fraction of sp³-hybridized carbons (Fsp3) is 0.870. The minimum atomic E-state index is -1.17. The number of carboxylic acid groups (broad SMARTS) is 1. The van der Waals surface area contributed by atoms with E-state index in [0.717, 1.165) is 63.5 Å². The van der Waals surface area contributed by atoms with Crippen molar-refractivity contribution >= 4 is 23.6 Å². The molecule has 0 aromatic carbocycles. The van der Waals surface area contributed by atoms with Crippen molar-refractivity contribution in [2.75, 3.05) is 33.7 Å². The molecular weight excluding hydrogens is 693 g/mol. The number of rotatable bonds is 12. The lowest BCUT2D eigenvalue weighted by atomic mass is 9.33. The molecule has 9 heteroatoms. The molecule has 0 bridgehead atoms. The van der Waals surface area contributed by atoms with Crippen LogP contribution in [0.25, 0.3) is 0 Å². The first-order valence-corrected chi connectivity index (χ1v) is 21.8. The number of ketones is 1. The van der Waals surface area contributed by atoms with Gasteiger partial charge in [-0.1, -0.05) is 60.5 Å². The molecule has 5 fully saturated rings. The van der Waals surface area contributed by atoms with Crippen LogP contribution in [0.4, 0.5) is 0 Å². The molecule has 310 valence electrons. The number of ether oxygens (including phenoxy) is 1. The van der Waals surface area contributed by atoms with E-state index in [9.17, 15) is 29.4 Å². The van der Waals surface area contributed by atoms with Crippen molar-refractivity contribution in [1.82, 2.24) is 9.80 Å². The first-order chi connectivity index (χ1) is 25.4. The molecule has 6 rings (SSSR count). The van der Waals surface area contributed by atoms with Crippen LogP contribution in [0.1, 0.15) is 146 Å². The Kier molecular flexibility index (Phi) is 11.2. The van der Waals surface area contributed by atoms with Gasteiger partial charge < -0.3 is 19.8 Å². The average Bonchev–Trinajstić information content (AvgIpc) is 3.37. The number of carbonyl (C=O) groups excluding carboxylic acids is 3. The summed E-state index contributed by atoms with van der Waals surface area (Å²) in [6, 6.07) is 0. The number of aliphatic carboxylic acids is 1. The lowest BCUT2D eigenvalue weighted by Gasteiger charge is -2.72. The molecule has 55 heavy (non-hydrogen) atoms. The highest BCUT2D eigenvalue weighted by molar-refractivity contribution is 6.00. The van der Waals surface area contributed by atoms with Gasteiger partial charge in [-0.2, -0.15) is 0 Å².